The highest BCUT2D eigenvalue weighted by atomic mass is 16.6. The molecule has 0 aromatic heterocycles. The fraction of sp³-hybridized carbons (Fsp3) is 0.562. The summed E-state index contributed by atoms with van der Waals surface area (Å²) in [5.41, 5.74) is -0.504. The van der Waals surface area contributed by atoms with Crippen LogP contribution in [0.25, 0.3) is 0 Å². The molecule has 3 N–H and O–H groups in total. The van der Waals surface area contributed by atoms with Gasteiger partial charge in [-0.3, -0.25) is 14.9 Å². The number of nitrogens with zero attached hydrogens (tertiary/aromatic N) is 1. The van der Waals surface area contributed by atoms with E-state index in [2.05, 4.69) is 10.6 Å². The number of amides is 1. The van der Waals surface area contributed by atoms with E-state index in [0.29, 0.717) is 5.69 Å². The normalized spacial score (nSPS) is 16.7. The molecular formula is C16H23N3O4. The van der Waals surface area contributed by atoms with Crippen molar-refractivity contribution in [2.24, 2.45) is 5.92 Å². The molecule has 0 bridgehead atoms. The van der Waals surface area contributed by atoms with Gasteiger partial charge in [0.2, 0.25) is 0 Å². The van der Waals surface area contributed by atoms with Crippen LogP contribution in [0.4, 0.5) is 11.4 Å². The van der Waals surface area contributed by atoms with Crippen LogP contribution in [0.1, 0.15) is 44.0 Å². The van der Waals surface area contributed by atoms with E-state index in [1.807, 2.05) is 13.8 Å². The molecule has 1 fully saturated rings. The smallest absolute Gasteiger partial charge is 0.293 e. The van der Waals surface area contributed by atoms with Crippen molar-refractivity contribution >= 4 is 17.3 Å². The topological polar surface area (TPSA) is 104 Å². The van der Waals surface area contributed by atoms with Crippen LogP contribution in [-0.4, -0.2) is 34.1 Å². The summed E-state index contributed by atoms with van der Waals surface area (Å²) in [6, 6.07) is 4.67. The Morgan fingerprint density at radius 2 is 2.13 bits per heavy atom. The van der Waals surface area contributed by atoms with Gasteiger partial charge >= 0.3 is 0 Å². The molecule has 0 heterocycles. The Hall–Kier alpha value is -2.15. The zero-order chi connectivity index (χ0) is 17.2. The number of nitro benzene ring substituents is 1. The summed E-state index contributed by atoms with van der Waals surface area (Å²) in [4.78, 5) is 22.9. The maximum atomic E-state index is 12.2. The average Bonchev–Trinajstić information content (AvgIpc) is 3.28. The fourth-order valence-electron chi connectivity index (χ4n) is 1.96. The van der Waals surface area contributed by atoms with E-state index in [1.54, 1.807) is 19.1 Å². The van der Waals surface area contributed by atoms with E-state index >= 15 is 0 Å². The average molecular weight is 321 g/mol. The van der Waals surface area contributed by atoms with E-state index in [1.165, 1.54) is 6.07 Å². The molecular weight excluding hydrogens is 298 g/mol. The van der Waals surface area contributed by atoms with Gasteiger partial charge in [-0.2, -0.15) is 0 Å². The van der Waals surface area contributed by atoms with Crippen LogP contribution in [0.2, 0.25) is 0 Å². The Morgan fingerprint density at radius 3 is 2.65 bits per heavy atom. The first kappa shape index (κ1) is 17.2. The first-order valence-corrected chi connectivity index (χ1v) is 7.76. The molecule has 1 amide bonds. The lowest BCUT2D eigenvalue weighted by molar-refractivity contribution is -0.384. The number of carbonyl (C=O) groups is 1. The molecule has 0 saturated heterocycles. The number of anilines is 1. The van der Waals surface area contributed by atoms with Gasteiger partial charge in [0.15, 0.2) is 0 Å². The highest BCUT2D eigenvalue weighted by Gasteiger charge is 2.27. The second kappa shape index (κ2) is 6.54. The SMILES string of the molecule is CC(C)C(C)(O)CNC(=O)c1ccc(NC2CC2)c([N+](=O)[O-])c1. The van der Waals surface area contributed by atoms with Crippen LogP contribution in [0, 0.1) is 16.0 Å². The van der Waals surface area contributed by atoms with Crippen molar-refractivity contribution in [1.82, 2.24) is 5.32 Å². The number of benzene rings is 1. The number of nitro groups is 1. The maximum absolute atomic E-state index is 12.2. The van der Waals surface area contributed by atoms with Gasteiger partial charge in [-0.15, -0.1) is 0 Å². The van der Waals surface area contributed by atoms with Gasteiger partial charge in [0.1, 0.15) is 5.69 Å². The van der Waals surface area contributed by atoms with Crippen molar-refractivity contribution in [3.63, 3.8) is 0 Å². The molecule has 23 heavy (non-hydrogen) atoms. The minimum Gasteiger partial charge on any atom is -0.388 e. The quantitative estimate of drug-likeness (QED) is 0.528. The molecule has 0 spiro atoms. The van der Waals surface area contributed by atoms with Crippen molar-refractivity contribution in [1.29, 1.82) is 0 Å². The number of hydrogen-bond acceptors (Lipinski definition) is 5. The Bertz CT molecular complexity index is 609. The number of nitrogens with one attached hydrogen (secondary N) is 2. The van der Waals surface area contributed by atoms with Crippen molar-refractivity contribution in [2.45, 2.75) is 45.3 Å². The molecule has 126 valence electrons. The fourth-order valence-corrected chi connectivity index (χ4v) is 1.96. The third kappa shape index (κ3) is 4.41. The maximum Gasteiger partial charge on any atom is 0.293 e. The second-order valence-corrected chi connectivity index (χ2v) is 6.60. The largest absolute Gasteiger partial charge is 0.388 e. The van der Waals surface area contributed by atoms with Crippen LogP contribution >= 0.6 is 0 Å². The molecule has 7 nitrogen and oxygen atoms in total. The number of carbonyl (C=O) groups excluding carboxylic acids is 1. The van der Waals surface area contributed by atoms with Gasteiger partial charge in [-0.1, -0.05) is 13.8 Å². The molecule has 1 saturated carbocycles. The molecule has 2 rings (SSSR count). The predicted octanol–water partition coefficient (Wildman–Crippen LogP) is 2.31. The molecule has 0 radical (unpaired) electrons. The Kier molecular flexibility index (Phi) is 4.89. The molecule has 7 heteroatoms. The Morgan fingerprint density at radius 1 is 1.48 bits per heavy atom. The van der Waals surface area contributed by atoms with Gasteiger partial charge < -0.3 is 15.7 Å². The summed E-state index contributed by atoms with van der Waals surface area (Å²) in [6.07, 6.45) is 2.01. The van der Waals surface area contributed by atoms with Gasteiger partial charge in [0.25, 0.3) is 11.6 Å². The minimum absolute atomic E-state index is 0.0257. The minimum atomic E-state index is -1.03. The first-order valence-electron chi connectivity index (χ1n) is 7.76. The lowest BCUT2D eigenvalue weighted by Gasteiger charge is -2.27. The zero-order valence-electron chi connectivity index (χ0n) is 13.6. The van der Waals surface area contributed by atoms with Gasteiger partial charge in [-0.25, -0.2) is 0 Å². The summed E-state index contributed by atoms with van der Waals surface area (Å²) >= 11 is 0. The van der Waals surface area contributed by atoms with Crippen molar-refractivity contribution in [3.05, 3.63) is 33.9 Å². The summed E-state index contributed by atoms with van der Waals surface area (Å²) < 4.78 is 0. The zero-order valence-corrected chi connectivity index (χ0v) is 13.6. The number of aliphatic hydroxyl groups is 1. The second-order valence-electron chi connectivity index (χ2n) is 6.60. The van der Waals surface area contributed by atoms with Crippen LogP contribution < -0.4 is 10.6 Å². The van der Waals surface area contributed by atoms with E-state index < -0.39 is 16.4 Å². The third-order valence-corrected chi connectivity index (χ3v) is 4.24. The summed E-state index contributed by atoms with van der Waals surface area (Å²) in [7, 11) is 0. The van der Waals surface area contributed by atoms with E-state index in [4.69, 9.17) is 0 Å². The molecule has 1 unspecified atom stereocenters. The van der Waals surface area contributed by atoms with Gasteiger partial charge in [-0.05, 0) is 37.8 Å². The van der Waals surface area contributed by atoms with Crippen molar-refractivity contribution in [2.75, 3.05) is 11.9 Å². The molecule has 1 aromatic carbocycles. The van der Waals surface area contributed by atoms with Crippen molar-refractivity contribution < 1.29 is 14.8 Å². The van der Waals surface area contributed by atoms with Crippen LogP contribution in [-0.2, 0) is 0 Å². The predicted molar refractivity (Wildman–Crippen MR) is 87.5 cm³/mol. The van der Waals surface area contributed by atoms with Crippen LogP contribution in [0.5, 0.6) is 0 Å². The molecule has 1 atom stereocenters. The highest BCUT2D eigenvalue weighted by Crippen LogP contribution is 2.31. The highest BCUT2D eigenvalue weighted by molar-refractivity contribution is 5.95. The van der Waals surface area contributed by atoms with Gasteiger partial charge in [0.05, 0.1) is 10.5 Å². The summed E-state index contributed by atoms with van der Waals surface area (Å²) in [6.45, 7) is 5.44. The summed E-state index contributed by atoms with van der Waals surface area (Å²) in [5.74, 6) is -0.464. The molecule has 0 aliphatic heterocycles. The van der Waals surface area contributed by atoms with E-state index in [-0.39, 0.29) is 29.8 Å². The van der Waals surface area contributed by atoms with Crippen molar-refractivity contribution in [3.8, 4) is 0 Å². The van der Waals surface area contributed by atoms with Crippen LogP contribution in [0.3, 0.4) is 0 Å². The standard InChI is InChI=1S/C16H23N3O4/c1-10(2)16(3,21)9-17-15(20)11-4-7-13(18-12-5-6-12)14(8-11)19(22)23/h4,7-8,10,12,18,21H,5-6,9H2,1-3H3,(H,17,20). The molecule has 1 aliphatic carbocycles. The number of rotatable bonds is 7. The Balaban J connectivity index is 2.11. The first-order chi connectivity index (χ1) is 10.7. The van der Waals surface area contributed by atoms with E-state index in [9.17, 15) is 20.0 Å². The van der Waals surface area contributed by atoms with E-state index in [0.717, 1.165) is 12.8 Å². The lowest BCUT2D eigenvalue weighted by Crippen LogP contribution is -2.44. The third-order valence-electron chi connectivity index (χ3n) is 4.24. The monoisotopic (exact) mass is 321 g/mol. The van der Waals surface area contributed by atoms with Gasteiger partial charge in [0, 0.05) is 24.2 Å². The molecule has 1 aromatic rings. The van der Waals surface area contributed by atoms with Crippen LogP contribution in [0.15, 0.2) is 18.2 Å². The number of hydrogen-bond donors (Lipinski definition) is 3. The molecule has 1 aliphatic rings. The lowest BCUT2D eigenvalue weighted by atomic mass is 9.92. The Labute approximate surface area is 135 Å². The summed E-state index contributed by atoms with van der Waals surface area (Å²) in [5, 5.41) is 27.1.